The quantitative estimate of drug-likeness (QED) is 0.162. The van der Waals surface area contributed by atoms with E-state index >= 15 is 0 Å². The molecule has 11 aromatic carbocycles. The highest BCUT2D eigenvalue weighted by Crippen LogP contribution is 2.63. The maximum absolute atomic E-state index is 2.51. The summed E-state index contributed by atoms with van der Waals surface area (Å²) in [5.41, 5.74) is 21.5. The van der Waals surface area contributed by atoms with Gasteiger partial charge in [0.05, 0.1) is 27.8 Å². The fourth-order valence-corrected chi connectivity index (χ4v) is 11.9. The van der Waals surface area contributed by atoms with E-state index in [9.17, 15) is 0 Å². The van der Waals surface area contributed by atoms with Gasteiger partial charge in [-0.1, -0.05) is 206 Å². The van der Waals surface area contributed by atoms with Gasteiger partial charge in [0.15, 0.2) is 0 Å². The molecule has 0 N–H and O–H groups in total. The molecule has 312 valence electrons. The summed E-state index contributed by atoms with van der Waals surface area (Å²) < 4.78 is 2.46. The summed E-state index contributed by atoms with van der Waals surface area (Å²) in [4.78, 5) is 2.51. The molecule has 2 aliphatic carbocycles. The Labute approximate surface area is 389 Å². The van der Waals surface area contributed by atoms with Crippen LogP contribution in [0.5, 0.6) is 0 Å². The second kappa shape index (κ2) is 14.7. The molecule has 0 bridgehead atoms. The van der Waals surface area contributed by atoms with Crippen LogP contribution in [0.1, 0.15) is 22.3 Å². The minimum absolute atomic E-state index is 0.480. The van der Waals surface area contributed by atoms with Crippen molar-refractivity contribution in [2.45, 2.75) is 5.41 Å². The van der Waals surface area contributed by atoms with Crippen LogP contribution in [0, 0.1) is 0 Å². The third-order valence-corrected chi connectivity index (χ3v) is 14.6. The van der Waals surface area contributed by atoms with Crippen molar-refractivity contribution in [3.05, 3.63) is 277 Å². The second-order valence-corrected chi connectivity index (χ2v) is 17.9. The highest BCUT2D eigenvalue weighted by Gasteiger charge is 2.51. The molecule has 0 radical (unpaired) electrons. The number of para-hydroxylation sites is 4. The van der Waals surface area contributed by atoms with Crippen molar-refractivity contribution < 1.29 is 0 Å². The van der Waals surface area contributed by atoms with E-state index in [0.717, 1.165) is 28.3 Å². The van der Waals surface area contributed by atoms with Gasteiger partial charge in [0, 0.05) is 22.1 Å². The summed E-state index contributed by atoms with van der Waals surface area (Å²) in [5.74, 6) is 0. The Kier molecular flexibility index (Phi) is 8.23. The maximum atomic E-state index is 2.51. The van der Waals surface area contributed by atoms with Crippen molar-refractivity contribution >= 4 is 49.6 Å². The zero-order valence-electron chi connectivity index (χ0n) is 36.6. The van der Waals surface area contributed by atoms with Crippen molar-refractivity contribution in [1.29, 1.82) is 0 Å². The number of aromatic nitrogens is 1. The van der Waals surface area contributed by atoms with Crippen molar-refractivity contribution in [3.63, 3.8) is 0 Å². The SMILES string of the molecule is c1ccc(-c2cccc3cccc(-c4cccc(N(c5ccc6c(c5)C5(c7ccccc7-c7ccccc75)c5ccccc5-6)c5ccccc5-n5c6ccccc6c6ccccc65)c4)c23)cc1. The first kappa shape index (κ1) is 37.6. The first-order valence-electron chi connectivity index (χ1n) is 23.3. The van der Waals surface area contributed by atoms with Crippen LogP contribution >= 0.6 is 0 Å². The predicted molar refractivity (Wildman–Crippen MR) is 280 cm³/mol. The fraction of sp³-hybridized carbons (Fsp3) is 0.0154. The van der Waals surface area contributed by atoms with Gasteiger partial charge in [-0.3, -0.25) is 0 Å². The summed E-state index contributed by atoms with van der Waals surface area (Å²) in [7, 11) is 0. The molecule has 12 aromatic rings. The lowest BCUT2D eigenvalue weighted by Gasteiger charge is -2.33. The number of fused-ring (bicyclic) bond motifs is 14. The van der Waals surface area contributed by atoms with E-state index < -0.39 is 5.41 Å². The van der Waals surface area contributed by atoms with Crippen LogP contribution in [0.15, 0.2) is 255 Å². The summed E-state index contributed by atoms with van der Waals surface area (Å²) in [5, 5.41) is 4.95. The average Bonchev–Trinajstić information content (AvgIpc) is 4.01. The number of hydrogen-bond donors (Lipinski definition) is 0. The van der Waals surface area contributed by atoms with E-state index in [1.807, 2.05) is 0 Å². The molecule has 1 heterocycles. The first-order chi connectivity index (χ1) is 33.3. The Hall–Kier alpha value is -8.72. The summed E-state index contributed by atoms with van der Waals surface area (Å²) in [6.07, 6.45) is 0. The van der Waals surface area contributed by atoms with E-state index in [-0.39, 0.29) is 0 Å². The van der Waals surface area contributed by atoms with Crippen LogP contribution < -0.4 is 4.90 Å². The maximum Gasteiger partial charge on any atom is 0.0726 e. The number of hydrogen-bond acceptors (Lipinski definition) is 1. The molecule has 0 unspecified atom stereocenters. The van der Waals surface area contributed by atoms with E-state index in [2.05, 4.69) is 264 Å². The Balaban J connectivity index is 1.05. The van der Waals surface area contributed by atoms with Crippen molar-refractivity contribution in [1.82, 2.24) is 4.57 Å². The normalized spacial score (nSPS) is 12.9. The molecule has 2 heteroatoms. The Morgan fingerprint density at radius 3 is 1.45 bits per heavy atom. The minimum atomic E-state index is -0.480. The van der Waals surface area contributed by atoms with Gasteiger partial charge >= 0.3 is 0 Å². The van der Waals surface area contributed by atoms with Crippen LogP contribution in [0.4, 0.5) is 17.1 Å². The first-order valence-corrected chi connectivity index (χ1v) is 23.3. The van der Waals surface area contributed by atoms with E-state index in [0.29, 0.717) is 0 Å². The molecule has 67 heavy (non-hydrogen) atoms. The van der Waals surface area contributed by atoms with Crippen LogP contribution in [-0.2, 0) is 5.41 Å². The zero-order valence-corrected chi connectivity index (χ0v) is 36.6. The molecule has 2 aliphatic rings. The van der Waals surface area contributed by atoms with Gasteiger partial charge < -0.3 is 9.47 Å². The van der Waals surface area contributed by atoms with Crippen LogP contribution in [0.3, 0.4) is 0 Å². The average molecular weight is 851 g/mol. The Morgan fingerprint density at radius 1 is 0.313 bits per heavy atom. The summed E-state index contributed by atoms with van der Waals surface area (Å²) >= 11 is 0. The lowest BCUT2D eigenvalue weighted by atomic mass is 9.70. The Morgan fingerprint density at radius 2 is 0.791 bits per heavy atom. The van der Waals surface area contributed by atoms with Gasteiger partial charge in [0.2, 0.25) is 0 Å². The topological polar surface area (TPSA) is 8.17 Å². The van der Waals surface area contributed by atoms with Gasteiger partial charge in [0.25, 0.3) is 0 Å². The van der Waals surface area contributed by atoms with E-state index in [4.69, 9.17) is 0 Å². The molecular weight excluding hydrogens is 809 g/mol. The molecule has 0 saturated carbocycles. The highest BCUT2D eigenvalue weighted by atomic mass is 15.2. The minimum Gasteiger partial charge on any atom is -0.308 e. The smallest absolute Gasteiger partial charge is 0.0726 e. The third kappa shape index (κ3) is 5.39. The number of nitrogens with zero attached hydrogens (tertiary/aromatic N) is 2. The van der Waals surface area contributed by atoms with E-state index in [1.54, 1.807) is 0 Å². The highest BCUT2D eigenvalue weighted by molar-refractivity contribution is 6.10. The zero-order chi connectivity index (χ0) is 44.1. The molecule has 2 nitrogen and oxygen atoms in total. The van der Waals surface area contributed by atoms with Gasteiger partial charge in [-0.15, -0.1) is 0 Å². The molecule has 0 fully saturated rings. The Bertz CT molecular complexity index is 3830. The molecular formula is C65H42N2. The number of anilines is 3. The van der Waals surface area contributed by atoms with Gasteiger partial charge in [0.1, 0.15) is 0 Å². The molecule has 0 atom stereocenters. The van der Waals surface area contributed by atoms with Crippen LogP contribution in [0.25, 0.3) is 82.8 Å². The largest absolute Gasteiger partial charge is 0.308 e. The van der Waals surface area contributed by atoms with Gasteiger partial charge in [-0.05, 0) is 126 Å². The molecule has 0 aliphatic heterocycles. The van der Waals surface area contributed by atoms with Crippen LogP contribution in [-0.4, -0.2) is 4.57 Å². The lowest BCUT2D eigenvalue weighted by molar-refractivity contribution is 0.793. The fourth-order valence-electron chi connectivity index (χ4n) is 11.9. The summed E-state index contributed by atoms with van der Waals surface area (Å²) in [6.45, 7) is 0. The number of benzene rings is 11. The van der Waals surface area contributed by atoms with Crippen molar-refractivity contribution in [3.8, 4) is 50.2 Å². The molecule has 1 aromatic heterocycles. The lowest BCUT2D eigenvalue weighted by Crippen LogP contribution is -2.26. The van der Waals surface area contributed by atoms with Gasteiger partial charge in [-0.2, -0.15) is 0 Å². The molecule has 0 amide bonds. The predicted octanol–water partition coefficient (Wildman–Crippen LogP) is 17.1. The second-order valence-electron chi connectivity index (χ2n) is 17.9. The molecule has 14 rings (SSSR count). The summed E-state index contributed by atoms with van der Waals surface area (Å²) in [6, 6.07) is 94.4. The molecule has 1 spiro atoms. The van der Waals surface area contributed by atoms with Crippen molar-refractivity contribution in [2.75, 3.05) is 4.90 Å². The van der Waals surface area contributed by atoms with Crippen LogP contribution in [0.2, 0.25) is 0 Å². The van der Waals surface area contributed by atoms with Gasteiger partial charge in [-0.25, -0.2) is 0 Å². The van der Waals surface area contributed by atoms with E-state index in [1.165, 1.54) is 93.8 Å². The monoisotopic (exact) mass is 850 g/mol. The van der Waals surface area contributed by atoms with Crippen molar-refractivity contribution in [2.24, 2.45) is 0 Å². The molecule has 0 saturated heterocycles. The number of rotatable bonds is 6. The third-order valence-electron chi connectivity index (χ3n) is 14.6. The standard InChI is InChI=1S/C65H42N2/c1-2-19-43(20-3-1)48-30-17-21-44-22-18-31-49(64(44)48)45-23-16-24-46(41-45)66(62-37-14-15-38-63(62)67-60-35-12-7-28-54(60)55-29-8-13-36-61(55)67)47-39-40-53-52-27-6-11-34-58(52)65(59(53)42-47)56-32-9-4-25-50(56)51-26-5-10-33-57(51)65/h1-42H.